The molecule has 0 saturated heterocycles. The fourth-order valence-corrected chi connectivity index (χ4v) is 3.35. The molecule has 2 aromatic carbocycles. The summed E-state index contributed by atoms with van der Waals surface area (Å²) >= 11 is 12.1. The van der Waals surface area contributed by atoms with Crippen LogP contribution in [0, 0.1) is 6.92 Å². The summed E-state index contributed by atoms with van der Waals surface area (Å²) in [6, 6.07) is 13.2. The molecule has 0 atom stereocenters. The number of amides is 1. The molecule has 1 N–H and O–H groups in total. The van der Waals surface area contributed by atoms with Crippen LogP contribution in [-0.2, 0) is 16.1 Å². The summed E-state index contributed by atoms with van der Waals surface area (Å²) in [5.41, 5.74) is 1.58. The number of esters is 1. The van der Waals surface area contributed by atoms with Gasteiger partial charge in [0.05, 0.1) is 17.3 Å². The van der Waals surface area contributed by atoms with Gasteiger partial charge < -0.3 is 14.8 Å². The Labute approximate surface area is 191 Å². The van der Waals surface area contributed by atoms with Crippen molar-refractivity contribution in [3.63, 3.8) is 0 Å². The molecule has 0 radical (unpaired) electrons. The van der Waals surface area contributed by atoms with Gasteiger partial charge in [-0.25, -0.2) is 9.48 Å². The van der Waals surface area contributed by atoms with E-state index in [2.05, 4.69) is 15.2 Å². The van der Waals surface area contributed by atoms with Gasteiger partial charge >= 0.3 is 12.6 Å². The molecule has 1 heterocycles. The molecule has 168 valence electrons. The van der Waals surface area contributed by atoms with E-state index >= 15 is 0 Å². The maximum absolute atomic E-state index is 12.5. The van der Waals surface area contributed by atoms with Gasteiger partial charge in [-0.1, -0.05) is 53.5 Å². The summed E-state index contributed by atoms with van der Waals surface area (Å²) < 4.78 is 35.3. The zero-order valence-corrected chi connectivity index (χ0v) is 18.2. The standard InChI is InChI=1S/C21H17Cl2F2N3O4/c1-12-18(19(23)28(27-12)10-13-5-3-2-4-6-13)20(30)31-11-17(29)26-14-7-8-16(15(22)9-14)32-21(24)25/h2-9,21H,10-11H2,1H3,(H,26,29). The van der Waals surface area contributed by atoms with Gasteiger partial charge in [-0.05, 0) is 30.7 Å². The van der Waals surface area contributed by atoms with Gasteiger partial charge in [-0.2, -0.15) is 13.9 Å². The van der Waals surface area contributed by atoms with Crippen LogP contribution >= 0.6 is 23.2 Å². The van der Waals surface area contributed by atoms with Crippen LogP contribution in [0.4, 0.5) is 14.5 Å². The minimum absolute atomic E-state index is 0.0620. The zero-order chi connectivity index (χ0) is 23.3. The Balaban J connectivity index is 1.60. The molecule has 3 aromatic rings. The van der Waals surface area contributed by atoms with Crippen molar-refractivity contribution in [3.05, 3.63) is 75.5 Å². The zero-order valence-electron chi connectivity index (χ0n) is 16.6. The van der Waals surface area contributed by atoms with E-state index in [0.717, 1.165) is 5.56 Å². The normalized spacial score (nSPS) is 10.8. The number of nitrogens with one attached hydrogen (secondary N) is 1. The van der Waals surface area contributed by atoms with Crippen LogP contribution in [0.2, 0.25) is 10.2 Å². The number of nitrogens with zero attached hydrogens (tertiary/aromatic N) is 2. The predicted molar refractivity (Wildman–Crippen MR) is 115 cm³/mol. The number of anilines is 1. The monoisotopic (exact) mass is 483 g/mol. The number of aromatic nitrogens is 2. The minimum atomic E-state index is -3.03. The molecular formula is C21H17Cl2F2N3O4. The molecule has 3 rings (SSSR count). The van der Waals surface area contributed by atoms with Crippen LogP contribution in [0.5, 0.6) is 5.75 Å². The lowest BCUT2D eigenvalue weighted by Gasteiger charge is -2.10. The maximum atomic E-state index is 12.5. The van der Waals surface area contributed by atoms with Crippen molar-refractivity contribution in [3.8, 4) is 5.75 Å². The number of carbonyl (C=O) groups is 2. The van der Waals surface area contributed by atoms with Gasteiger partial charge in [0, 0.05) is 5.69 Å². The first-order valence-corrected chi connectivity index (χ1v) is 9.98. The molecule has 11 heteroatoms. The van der Waals surface area contributed by atoms with Crippen molar-refractivity contribution in [2.45, 2.75) is 20.1 Å². The van der Waals surface area contributed by atoms with Crippen LogP contribution in [0.1, 0.15) is 21.6 Å². The molecule has 32 heavy (non-hydrogen) atoms. The average molecular weight is 484 g/mol. The Hall–Kier alpha value is -3.17. The molecule has 0 aliphatic rings. The lowest BCUT2D eigenvalue weighted by atomic mass is 10.2. The molecule has 7 nitrogen and oxygen atoms in total. The van der Waals surface area contributed by atoms with Gasteiger partial charge in [0.25, 0.3) is 5.91 Å². The summed E-state index contributed by atoms with van der Waals surface area (Å²) in [4.78, 5) is 24.6. The summed E-state index contributed by atoms with van der Waals surface area (Å²) in [6.07, 6.45) is 0. The maximum Gasteiger partial charge on any atom is 0.387 e. The summed E-state index contributed by atoms with van der Waals surface area (Å²) in [7, 11) is 0. The molecular weight excluding hydrogens is 467 g/mol. The van der Waals surface area contributed by atoms with Crippen molar-refractivity contribution >= 4 is 40.8 Å². The second kappa shape index (κ2) is 10.4. The number of benzene rings is 2. The first-order valence-electron chi connectivity index (χ1n) is 9.22. The quantitative estimate of drug-likeness (QED) is 0.458. The van der Waals surface area contributed by atoms with E-state index in [-0.39, 0.29) is 27.2 Å². The van der Waals surface area contributed by atoms with Gasteiger partial charge in [0.2, 0.25) is 0 Å². The highest BCUT2D eigenvalue weighted by Gasteiger charge is 2.22. The van der Waals surface area contributed by atoms with Crippen molar-refractivity contribution in [2.24, 2.45) is 0 Å². The molecule has 1 amide bonds. The molecule has 1 aromatic heterocycles. The summed E-state index contributed by atoms with van der Waals surface area (Å²) in [5.74, 6) is -1.70. The second-order valence-electron chi connectivity index (χ2n) is 6.54. The highest BCUT2D eigenvalue weighted by atomic mass is 35.5. The predicted octanol–water partition coefficient (Wildman–Crippen LogP) is 4.94. The van der Waals surface area contributed by atoms with E-state index in [1.807, 2.05) is 30.3 Å². The van der Waals surface area contributed by atoms with Crippen LogP contribution in [0.15, 0.2) is 48.5 Å². The Morgan fingerprint density at radius 2 is 1.88 bits per heavy atom. The largest absolute Gasteiger partial charge is 0.452 e. The third kappa shape index (κ3) is 5.95. The van der Waals surface area contributed by atoms with Crippen molar-refractivity contribution in [2.75, 3.05) is 11.9 Å². The van der Waals surface area contributed by atoms with Gasteiger partial charge in [0.15, 0.2) is 6.61 Å². The van der Waals surface area contributed by atoms with Crippen molar-refractivity contribution < 1.29 is 27.8 Å². The average Bonchev–Trinajstić information content (AvgIpc) is 3.02. The highest BCUT2D eigenvalue weighted by molar-refractivity contribution is 6.33. The number of carbonyl (C=O) groups excluding carboxylic acids is 2. The first-order chi connectivity index (χ1) is 15.2. The van der Waals surface area contributed by atoms with Crippen LogP contribution in [-0.4, -0.2) is 34.9 Å². The topological polar surface area (TPSA) is 82.5 Å². The molecule has 0 aliphatic carbocycles. The molecule has 0 saturated carbocycles. The van der Waals surface area contributed by atoms with E-state index < -0.39 is 25.1 Å². The van der Waals surface area contributed by atoms with E-state index in [0.29, 0.717) is 12.2 Å². The van der Waals surface area contributed by atoms with Gasteiger partial charge in [0.1, 0.15) is 16.5 Å². The highest BCUT2D eigenvalue weighted by Crippen LogP contribution is 2.29. The molecule has 0 fully saturated rings. The number of alkyl halides is 2. The lowest BCUT2D eigenvalue weighted by molar-refractivity contribution is -0.119. The Bertz CT molecular complexity index is 1120. The van der Waals surface area contributed by atoms with E-state index in [9.17, 15) is 18.4 Å². The Morgan fingerprint density at radius 3 is 2.53 bits per heavy atom. The van der Waals surface area contributed by atoms with E-state index in [4.69, 9.17) is 27.9 Å². The van der Waals surface area contributed by atoms with Crippen molar-refractivity contribution in [1.29, 1.82) is 0 Å². The Morgan fingerprint density at radius 1 is 1.16 bits per heavy atom. The van der Waals surface area contributed by atoms with Crippen molar-refractivity contribution in [1.82, 2.24) is 9.78 Å². The first kappa shape index (κ1) is 23.5. The summed E-state index contributed by atoms with van der Waals surface area (Å²) in [5, 5.41) is 6.68. The van der Waals surface area contributed by atoms with Crippen LogP contribution in [0.25, 0.3) is 0 Å². The van der Waals surface area contributed by atoms with E-state index in [1.54, 1.807) is 6.92 Å². The summed E-state index contributed by atoms with van der Waals surface area (Å²) in [6.45, 7) is -1.67. The molecule has 0 bridgehead atoms. The third-order valence-electron chi connectivity index (χ3n) is 4.21. The number of aryl methyl sites for hydroxylation is 1. The number of hydrogen-bond acceptors (Lipinski definition) is 5. The molecule has 0 spiro atoms. The number of ether oxygens (including phenoxy) is 2. The Kier molecular flexibility index (Phi) is 7.66. The lowest BCUT2D eigenvalue weighted by Crippen LogP contribution is -2.21. The third-order valence-corrected chi connectivity index (χ3v) is 4.89. The van der Waals surface area contributed by atoms with E-state index in [1.165, 1.54) is 22.9 Å². The molecule has 0 unspecified atom stereocenters. The number of hydrogen-bond donors (Lipinski definition) is 1. The van der Waals surface area contributed by atoms with Crippen LogP contribution in [0.3, 0.4) is 0 Å². The smallest absolute Gasteiger partial charge is 0.387 e. The molecule has 0 aliphatic heterocycles. The van der Waals surface area contributed by atoms with Gasteiger partial charge in [-0.15, -0.1) is 0 Å². The number of halogens is 4. The second-order valence-corrected chi connectivity index (χ2v) is 7.31. The van der Waals surface area contributed by atoms with Crippen LogP contribution < -0.4 is 10.1 Å². The minimum Gasteiger partial charge on any atom is -0.452 e. The van der Waals surface area contributed by atoms with Gasteiger partial charge in [-0.3, -0.25) is 4.79 Å². The SMILES string of the molecule is Cc1nn(Cc2ccccc2)c(Cl)c1C(=O)OCC(=O)Nc1ccc(OC(F)F)c(Cl)c1. The number of rotatable bonds is 8. The fraction of sp³-hybridized carbons (Fsp3) is 0.190. The fourth-order valence-electron chi connectivity index (χ4n) is 2.82.